The van der Waals surface area contributed by atoms with E-state index < -0.39 is 11.4 Å². The second-order valence-corrected chi connectivity index (χ2v) is 9.39. The number of aryl methyl sites for hydroxylation is 2. The smallest absolute Gasteiger partial charge is 0.341 e. The average molecular weight is 441 g/mol. The zero-order valence-electron chi connectivity index (χ0n) is 20.4. The molecule has 174 valence electrons. The van der Waals surface area contributed by atoms with Gasteiger partial charge in [0.05, 0.1) is 0 Å². The lowest BCUT2D eigenvalue weighted by molar-refractivity contribution is -0.139. The third-order valence-electron chi connectivity index (χ3n) is 6.21. The van der Waals surface area contributed by atoms with Crippen molar-refractivity contribution in [2.24, 2.45) is 5.41 Å². The predicted molar refractivity (Wildman–Crippen MR) is 127 cm³/mol. The second kappa shape index (κ2) is 10.2. The molecule has 0 aliphatic heterocycles. The molecular formula is C27H36O5. The van der Waals surface area contributed by atoms with Gasteiger partial charge in [0, 0.05) is 10.8 Å². The lowest BCUT2D eigenvalue weighted by Gasteiger charge is -2.34. The lowest BCUT2D eigenvalue weighted by Crippen LogP contribution is -2.27. The second-order valence-electron chi connectivity index (χ2n) is 9.39. The summed E-state index contributed by atoms with van der Waals surface area (Å²) in [5.74, 6) is 0.381. The van der Waals surface area contributed by atoms with Crippen LogP contribution in [0.5, 0.6) is 11.5 Å². The Morgan fingerprint density at radius 1 is 0.812 bits per heavy atom. The van der Waals surface area contributed by atoms with Crippen molar-refractivity contribution >= 4 is 11.8 Å². The van der Waals surface area contributed by atoms with Crippen molar-refractivity contribution in [1.29, 1.82) is 0 Å². The molecule has 0 amide bonds. The number of rotatable bonds is 10. The van der Waals surface area contributed by atoms with Gasteiger partial charge in [0.15, 0.2) is 12.4 Å². The molecule has 0 fully saturated rings. The van der Waals surface area contributed by atoms with E-state index in [1.54, 1.807) is 0 Å². The normalized spacial score (nSPS) is 11.8. The van der Waals surface area contributed by atoms with Crippen LogP contribution in [0.2, 0.25) is 0 Å². The minimum Gasteiger partial charge on any atom is -0.486 e. The van der Waals surface area contributed by atoms with Crippen molar-refractivity contribution in [3.05, 3.63) is 58.7 Å². The molecule has 0 aliphatic carbocycles. The van der Waals surface area contributed by atoms with E-state index in [0.717, 1.165) is 29.7 Å². The first-order valence-corrected chi connectivity index (χ1v) is 11.2. The van der Waals surface area contributed by atoms with Gasteiger partial charge in [-0.05, 0) is 61.1 Å². The molecule has 2 aromatic carbocycles. The summed E-state index contributed by atoms with van der Waals surface area (Å²) in [4.78, 5) is 23.1. The first kappa shape index (κ1) is 25.4. The Morgan fingerprint density at radius 2 is 1.25 bits per heavy atom. The molecule has 0 bridgehead atoms. The summed E-state index contributed by atoms with van der Waals surface area (Å²) >= 11 is 0. The Labute approximate surface area is 191 Å². The highest BCUT2D eigenvalue weighted by molar-refractivity contribution is 5.85. The number of aliphatic carboxylic acids is 1. The molecule has 2 rings (SSSR count). The van der Waals surface area contributed by atoms with Gasteiger partial charge in [-0.15, -0.1) is 0 Å². The molecule has 0 radical (unpaired) electrons. The molecule has 0 saturated heterocycles. The number of benzene rings is 2. The summed E-state index contributed by atoms with van der Waals surface area (Å²) in [6, 6.07) is 12.2. The van der Waals surface area contributed by atoms with Crippen LogP contribution < -0.4 is 9.47 Å². The Bertz CT molecular complexity index is 964. The van der Waals surface area contributed by atoms with Gasteiger partial charge in [0.1, 0.15) is 18.1 Å². The standard InChI is InChI=1S/C27H36O5/c1-8-27(9-2,21-11-13-23(19(4)15-21)32-17-25(29)30)20-10-12-22(18(3)14-20)31-16-24(28)26(5,6)7/h10-15H,8-9,16-17H2,1-7H3,(H,29,30). The first-order valence-electron chi connectivity index (χ1n) is 11.2. The number of Topliss-reactive ketones (excluding diaryl/α,β-unsaturated/α-hetero) is 1. The predicted octanol–water partition coefficient (Wildman–Crippen LogP) is 5.87. The van der Waals surface area contributed by atoms with E-state index in [0.29, 0.717) is 5.75 Å². The quantitative estimate of drug-likeness (QED) is 0.500. The largest absolute Gasteiger partial charge is 0.486 e. The van der Waals surface area contributed by atoms with Gasteiger partial charge < -0.3 is 14.6 Å². The Kier molecular flexibility index (Phi) is 8.11. The Hall–Kier alpha value is -2.82. The van der Waals surface area contributed by atoms with Crippen molar-refractivity contribution in [2.75, 3.05) is 13.2 Å². The van der Waals surface area contributed by atoms with Crippen LogP contribution in [0.4, 0.5) is 0 Å². The van der Waals surface area contributed by atoms with Crippen LogP contribution in [-0.2, 0) is 15.0 Å². The van der Waals surface area contributed by atoms with Crippen LogP contribution in [0.1, 0.15) is 69.7 Å². The van der Waals surface area contributed by atoms with Crippen LogP contribution in [0.15, 0.2) is 36.4 Å². The van der Waals surface area contributed by atoms with Gasteiger partial charge in [-0.25, -0.2) is 4.79 Å². The molecule has 0 aromatic heterocycles. The topological polar surface area (TPSA) is 72.8 Å². The van der Waals surface area contributed by atoms with Crippen molar-refractivity contribution in [3.8, 4) is 11.5 Å². The number of hydrogen-bond acceptors (Lipinski definition) is 4. The third-order valence-corrected chi connectivity index (χ3v) is 6.21. The number of ketones is 1. The summed E-state index contributed by atoms with van der Waals surface area (Å²) < 4.78 is 11.2. The van der Waals surface area contributed by atoms with E-state index >= 15 is 0 Å². The molecule has 2 aromatic rings. The van der Waals surface area contributed by atoms with E-state index in [1.165, 1.54) is 11.1 Å². The van der Waals surface area contributed by atoms with Gasteiger partial charge in [-0.2, -0.15) is 0 Å². The maximum absolute atomic E-state index is 12.2. The fourth-order valence-electron chi connectivity index (χ4n) is 3.95. The molecule has 0 atom stereocenters. The van der Waals surface area contributed by atoms with Gasteiger partial charge in [-0.1, -0.05) is 58.9 Å². The number of carboxylic acid groups (broad SMARTS) is 1. The average Bonchev–Trinajstić information content (AvgIpc) is 2.72. The van der Waals surface area contributed by atoms with E-state index in [9.17, 15) is 9.59 Å². The summed E-state index contributed by atoms with van der Waals surface area (Å²) in [6.07, 6.45) is 1.81. The van der Waals surface area contributed by atoms with Gasteiger partial charge >= 0.3 is 5.97 Å². The summed E-state index contributed by atoms with van der Waals surface area (Å²) in [5.41, 5.74) is 3.64. The summed E-state index contributed by atoms with van der Waals surface area (Å²) in [5, 5.41) is 8.88. The van der Waals surface area contributed by atoms with Gasteiger partial charge in [0.2, 0.25) is 0 Å². The van der Waals surface area contributed by atoms with E-state index in [2.05, 4.69) is 32.0 Å². The van der Waals surface area contributed by atoms with Crippen molar-refractivity contribution in [1.82, 2.24) is 0 Å². The summed E-state index contributed by atoms with van der Waals surface area (Å²) in [6.45, 7) is 13.7. The molecule has 0 spiro atoms. The maximum Gasteiger partial charge on any atom is 0.341 e. The summed E-state index contributed by atoms with van der Waals surface area (Å²) in [7, 11) is 0. The fourth-order valence-corrected chi connectivity index (χ4v) is 3.95. The number of carbonyl (C=O) groups excluding carboxylic acids is 1. The minimum absolute atomic E-state index is 0.0629. The molecule has 0 heterocycles. The van der Waals surface area contributed by atoms with Crippen molar-refractivity contribution in [2.45, 2.75) is 66.7 Å². The van der Waals surface area contributed by atoms with Gasteiger partial charge in [-0.3, -0.25) is 4.79 Å². The van der Waals surface area contributed by atoms with Crippen LogP contribution in [0.3, 0.4) is 0 Å². The first-order chi connectivity index (χ1) is 14.9. The molecule has 1 N–H and O–H groups in total. The number of carbonyl (C=O) groups is 2. The third kappa shape index (κ3) is 5.70. The zero-order valence-corrected chi connectivity index (χ0v) is 20.4. The highest BCUT2D eigenvalue weighted by Crippen LogP contribution is 2.41. The molecule has 32 heavy (non-hydrogen) atoms. The fraction of sp³-hybridized carbons (Fsp3) is 0.481. The highest BCUT2D eigenvalue weighted by atomic mass is 16.5. The van der Waals surface area contributed by atoms with E-state index in [1.807, 2.05) is 52.8 Å². The highest BCUT2D eigenvalue weighted by Gasteiger charge is 2.31. The lowest BCUT2D eigenvalue weighted by atomic mass is 9.70. The zero-order chi connectivity index (χ0) is 24.1. The van der Waals surface area contributed by atoms with Crippen LogP contribution in [0, 0.1) is 19.3 Å². The van der Waals surface area contributed by atoms with Crippen LogP contribution in [0.25, 0.3) is 0 Å². The molecule has 0 aliphatic rings. The number of hydrogen-bond donors (Lipinski definition) is 1. The number of carboxylic acids is 1. The van der Waals surface area contributed by atoms with Crippen LogP contribution >= 0.6 is 0 Å². The monoisotopic (exact) mass is 440 g/mol. The molecule has 0 unspecified atom stereocenters. The Morgan fingerprint density at radius 3 is 1.59 bits per heavy atom. The number of ether oxygens (including phenoxy) is 2. The minimum atomic E-state index is -0.994. The molecular weight excluding hydrogens is 404 g/mol. The molecule has 5 heteroatoms. The van der Waals surface area contributed by atoms with Gasteiger partial charge in [0.25, 0.3) is 0 Å². The van der Waals surface area contributed by atoms with Crippen molar-refractivity contribution in [3.63, 3.8) is 0 Å². The van der Waals surface area contributed by atoms with E-state index in [4.69, 9.17) is 14.6 Å². The molecule has 5 nitrogen and oxygen atoms in total. The van der Waals surface area contributed by atoms with Crippen molar-refractivity contribution < 1.29 is 24.2 Å². The Balaban J connectivity index is 2.35. The SMILES string of the molecule is CCC(CC)(c1ccc(OCC(=O)O)c(C)c1)c1ccc(OCC(=O)C(C)(C)C)c(C)c1. The molecule has 0 saturated carbocycles. The van der Waals surface area contributed by atoms with E-state index in [-0.39, 0.29) is 24.4 Å². The van der Waals surface area contributed by atoms with Crippen LogP contribution in [-0.4, -0.2) is 30.1 Å². The maximum atomic E-state index is 12.2.